The van der Waals surface area contributed by atoms with E-state index in [-0.39, 0.29) is 0 Å². The second kappa shape index (κ2) is 4.56. The van der Waals surface area contributed by atoms with Crippen LogP contribution in [0.15, 0.2) is 0 Å². The summed E-state index contributed by atoms with van der Waals surface area (Å²) in [7, 11) is 0. The first-order valence-corrected chi connectivity index (χ1v) is 3.88. The molecule has 2 unspecified atom stereocenters. The Hall–Kier alpha value is -0.240. The van der Waals surface area contributed by atoms with E-state index in [2.05, 4.69) is 0 Å². The molecule has 0 aromatic rings. The van der Waals surface area contributed by atoms with Crippen LogP contribution in [-0.4, -0.2) is 16.5 Å². The van der Waals surface area contributed by atoms with E-state index in [1.165, 1.54) is 0 Å². The van der Waals surface area contributed by atoms with Crippen LogP contribution in [0.3, 0.4) is 0 Å². The molecule has 2 nitrogen and oxygen atoms in total. The highest BCUT2D eigenvalue weighted by molar-refractivity contribution is 6.29. The zero-order valence-corrected chi connectivity index (χ0v) is 7.06. The zero-order chi connectivity index (χ0) is 8.15. The predicted octanol–water partition coefficient (Wildman–Crippen LogP) is 2.11. The maximum Gasteiger partial charge on any atom is 0.321 e. The van der Waals surface area contributed by atoms with E-state index < -0.39 is 11.3 Å². The summed E-state index contributed by atoms with van der Waals surface area (Å²) in [6.45, 7) is 4.02. The second-order valence-electron chi connectivity index (χ2n) is 2.55. The summed E-state index contributed by atoms with van der Waals surface area (Å²) in [5.41, 5.74) is 0. The van der Waals surface area contributed by atoms with Gasteiger partial charge in [-0.15, -0.1) is 11.6 Å². The van der Waals surface area contributed by atoms with Gasteiger partial charge in [0, 0.05) is 0 Å². The van der Waals surface area contributed by atoms with Crippen LogP contribution in [-0.2, 0) is 4.79 Å². The summed E-state index contributed by atoms with van der Waals surface area (Å²) in [6, 6.07) is 0. The number of rotatable bonds is 4. The van der Waals surface area contributed by atoms with Gasteiger partial charge in [-0.05, 0) is 12.3 Å². The molecule has 0 heterocycles. The molecule has 0 saturated carbocycles. The van der Waals surface area contributed by atoms with E-state index >= 15 is 0 Å². The Kier molecular flexibility index (Phi) is 4.45. The van der Waals surface area contributed by atoms with Crippen LogP contribution in [0.4, 0.5) is 0 Å². The molecule has 0 fully saturated rings. The van der Waals surface area contributed by atoms with Crippen LogP contribution >= 0.6 is 11.6 Å². The standard InChI is InChI=1S/C7H13ClO2/c1-3-5(2)4-6(8)7(9)10/h5-6H,3-4H2,1-2H3,(H,9,10). The number of hydrogen-bond acceptors (Lipinski definition) is 1. The van der Waals surface area contributed by atoms with Gasteiger partial charge in [0.25, 0.3) is 0 Å². The molecular formula is C7H13ClO2. The van der Waals surface area contributed by atoms with E-state index in [4.69, 9.17) is 16.7 Å². The van der Waals surface area contributed by atoms with Crippen LogP contribution in [0.5, 0.6) is 0 Å². The molecular weight excluding hydrogens is 152 g/mol. The van der Waals surface area contributed by atoms with Gasteiger partial charge in [0.15, 0.2) is 0 Å². The molecule has 10 heavy (non-hydrogen) atoms. The summed E-state index contributed by atoms with van der Waals surface area (Å²) in [5, 5.41) is 7.68. The van der Waals surface area contributed by atoms with Gasteiger partial charge in [-0.3, -0.25) is 4.79 Å². The van der Waals surface area contributed by atoms with Crippen LogP contribution in [0.25, 0.3) is 0 Å². The second-order valence-corrected chi connectivity index (χ2v) is 3.08. The van der Waals surface area contributed by atoms with Crippen molar-refractivity contribution in [2.24, 2.45) is 5.92 Å². The fourth-order valence-electron chi connectivity index (χ4n) is 0.621. The molecule has 0 bridgehead atoms. The maximum atomic E-state index is 10.2. The molecule has 0 aromatic carbocycles. The summed E-state index contributed by atoms with van der Waals surface area (Å²) >= 11 is 5.49. The van der Waals surface area contributed by atoms with Crippen molar-refractivity contribution >= 4 is 17.6 Å². The van der Waals surface area contributed by atoms with Gasteiger partial charge in [-0.2, -0.15) is 0 Å². The molecule has 60 valence electrons. The first-order valence-electron chi connectivity index (χ1n) is 3.44. The van der Waals surface area contributed by atoms with E-state index in [0.717, 1.165) is 6.42 Å². The third-order valence-electron chi connectivity index (χ3n) is 1.57. The highest BCUT2D eigenvalue weighted by atomic mass is 35.5. The summed E-state index contributed by atoms with van der Waals surface area (Å²) in [5.74, 6) is -0.513. The monoisotopic (exact) mass is 164 g/mol. The number of carboxylic acid groups (broad SMARTS) is 1. The number of hydrogen-bond donors (Lipinski definition) is 1. The lowest BCUT2D eigenvalue weighted by molar-refractivity contribution is -0.136. The highest BCUT2D eigenvalue weighted by Crippen LogP contribution is 2.13. The Balaban J connectivity index is 3.56. The Labute approximate surface area is 66.2 Å². The number of alkyl halides is 1. The number of carbonyl (C=O) groups is 1. The van der Waals surface area contributed by atoms with Crippen molar-refractivity contribution < 1.29 is 9.90 Å². The fraction of sp³-hybridized carbons (Fsp3) is 0.857. The molecule has 0 aromatic heterocycles. The fourth-order valence-corrected chi connectivity index (χ4v) is 0.925. The minimum absolute atomic E-state index is 0.401. The van der Waals surface area contributed by atoms with Gasteiger partial charge < -0.3 is 5.11 Å². The number of halogens is 1. The lowest BCUT2D eigenvalue weighted by Gasteiger charge is -2.09. The molecule has 0 saturated heterocycles. The van der Waals surface area contributed by atoms with Crippen molar-refractivity contribution in [3.05, 3.63) is 0 Å². The van der Waals surface area contributed by atoms with Crippen molar-refractivity contribution in [2.45, 2.75) is 32.1 Å². The Bertz CT molecular complexity index is 114. The minimum Gasteiger partial charge on any atom is -0.480 e. The van der Waals surface area contributed by atoms with Gasteiger partial charge in [0.05, 0.1) is 0 Å². The topological polar surface area (TPSA) is 37.3 Å². The third-order valence-corrected chi connectivity index (χ3v) is 1.94. The number of carboxylic acids is 1. The van der Waals surface area contributed by atoms with E-state index in [1.807, 2.05) is 13.8 Å². The van der Waals surface area contributed by atoms with Crippen LogP contribution < -0.4 is 0 Å². The van der Waals surface area contributed by atoms with Gasteiger partial charge in [0.1, 0.15) is 5.38 Å². The maximum absolute atomic E-state index is 10.2. The summed E-state index contributed by atoms with van der Waals surface area (Å²) < 4.78 is 0. The number of aliphatic carboxylic acids is 1. The Morgan fingerprint density at radius 1 is 1.70 bits per heavy atom. The normalized spacial score (nSPS) is 16.3. The average molecular weight is 165 g/mol. The molecule has 0 spiro atoms. The average Bonchev–Trinajstić information content (AvgIpc) is 1.87. The largest absolute Gasteiger partial charge is 0.480 e. The molecule has 2 atom stereocenters. The van der Waals surface area contributed by atoms with Gasteiger partial charge >= 0.3 is 5.97 Å². The Morgan fingerprint density at radius 3 is 2.50 bits per heavy atom. The van der Waals surface area contributed by atoms with Crippen LogP contribution in [0, 0.1) is 5.92 Å². The smallest absolute Gasteiger partial charge is 0.321 e. The molecule has 0 aliphatic carbocycles. The lowest BCUT2D eigenvalue weighted by atomic mass is 10.0. The SMILES string of the molecule is CCC(C)CC(Cl)C(=O)O. The Morgan fingerprint density at radius 2 is 2.20 bits per heavy atom. The van der Waals surface area contributed by atoms with Crippen molar-refractivity contribution in [1.82, 2.24) is 0 Å². The molecule has 1 N–H and O–H groups in total. The van der Waals surface area contributed by atoms with Crippen molar-refractivity contribution in [1.29, 1.82) is 0 Å². The molecule has 0 amide bonds. The molecule has 3 heteroatoms. The third kappa shape index (κ3) is 3.72. The first kappa shape index (κ1) is 9.76. The van der Waals surface area contributed by atoms with E-state index in [9.17, 15) is 4.79 Å². The van der Waals surface area contributed by atoms with Gasteiger partial charge in [-0.1, -0.05) is 20.3 Å². The van der Waals surface area contributed by atoms with Gasteiger partial charge in [0.2, 0.25) is 0 Å². The summed E-state index contributed by atoms with van der Waals surface area (Å²) in [4.78, 5) is 10.2. The molecule has 0 radical (unpaired) electrons. The quantitative estimate of drug-likeness (QED) is 0.647. The van der Waals surface area contributed by atoms with Gasteiger partial charge in [-0.25, -0.2) is 0 Å². The molecule has 0 aliphatic rings. The lowest BCUT2D eigenvalue weighted by Crippen LogP contribution is -2.16. The van der Waals surface area contributed by atoms with E-state index in [0.29, 0.717) is 12.3 Å². The van der Waals surface area contributed by atoms with E-state index in [1.54, 1.807) is 0 Å². The predicted molar refractivity (Wildman–Crippen MR) is 41.3 cm³/mol. The van der Waals surface area contributed by atoms with Crippen molar-refractivity contribution in [2.75, 3.05) is 0 Å². The zero-order valence-electron chi connectivity index (χ0n) is 6.30. The summed E-state index contributed by atoms with van der Waals surface area (Å²) in [6.07, 6.45) is 1.55. The molecule has 0 rings (SSSR count). The minimum atomic E-state index is -0.915. The first-order chi connectivity index (χ1) is 4.57. The van der Waals surface area contributed by atoms with Crippen LogP contribution in [0.2, 0.25) is 0 Å². The highest BCUT2D eigenvalue weighted by Gasteiger charge is 2.15. The van der Waals surface area contributed by atoms with Crippen molar-refractivity contribution in [3.63, 3.8) is 0 Å². The van der Waals surface area contributed by atoms with Crippen molar-refractivity contribution in [3.8, 4) is 0 Å². The molecule has 0 aliphatic heterocycles. The van der Waals surface area contributed by atoms with Crippen LogP contribution in [0.1, 0.15) is 26.7 Å².